The highest BCUT2D eigenvalue weighted by molar-refractivity contribution is 5.37. The Morgan fingerprint density at radius 1 is 1.30 bits per heavy atom. The molecular formula is C16H21N3O. The molecule has 4 heteroatoms. The van der Waals surface area contributed by atoms with Gasteiger partial charge in [-0.3, -0.25) is 9.13 Å². The molecule has 106 valence electrons. The first kappa shape index (κ1) is 13.2. The first-order chi connectivity index (χ1) is 9.48. The smallest absolute Gasteiger partial charge is 0.325 e. The molecule has 2 N–H and O–H groups in total. The van der Waals surface area contributed by atoms with Crippen molar-refractivity contribution in [3.8, 4) is 5.69 Å². The van der Waals surface area contributed by atoms with Crippen LogP contribution < -0.4 is 11.4 Å². The fourth-order valence-corrected chi connectivity index (χ4v) is 2.54. The van der Waals surface area contributed by atoms with Gasteiger partial charge in [-0.25, -0.2) is 4.79 Å². The first-order valence-corrected chi connectivity index (χ1v) is 7.16. The second-order valence-electron chi connectivity index (χ2n) is 6.16. The fraction of sp³-hybridized carbons (Fsp3) is 0.438. The number of hydrogen-bond acceptors (Lipinski definition) is 2. The minimum absolute atomic E-state index is 0.00559. The third kappa shape index (κ3) is 2.43. The van der Waals surface area contributed by atoms with E-state index >= 15 is 0 Å². The molecule has 1 aromatic heterocycles. The lowest BCUT2D eigenvalue weighted by Crippen LogP contribution is -2.25. The van der Waals surface area contributed by atoms with Crippen molar-refractivity contribution in [2.75, 3.05) is 0 Å². The molecule has 0 atom stereocenters. The molecule has 1 fully saturated rings. The highest BCUT2D eigenvalue weighted by atomic mass is 16.1. The zero-order valence-electron chi connectivity index (χ0n) is 12.0. The fourth-order valence-electron chi connectivity index (χ4n) is 2.54. The maximum Gasteiger partial charge on any atom is 0.332 e. The third-order valence-electron chi connectivity index (χ3n) is 4.00. The van der Waals surface area contributed by atoms with Crippen molar-refractivity contribution < 1.29 is 0 Å². The van der Waals surface area contributed by atoms with Crippen molar-refractivity contribution in [3.63, 3.8) is 0 Å². The van der Waals surface area contributed by atoms with Crippen LogP contribution in [0.1, 0.15) is 38.3 Å². The Kier molecular flexibility index (Phi) is 3.05. The molecule has 1 aliphatic carbocycles. The normalized spacial score (nSPS) is 16.6. The van der Waals surface area contributed by atoms with Crippen molar-refractivity contribution >= 4 is 0 Å². The summed E-state index contributed by atoms with van der Waals surface area (Å²) in [6.45, 7) is 4.01. The molecule has 0 spiro atoms. The largest absolute Gasteiger partial charge is 0.332 e. The zero-order chi connectivity index (χ0) is 14.3. The number of nitrogens with two attached hydrogens (primary N) is 1. The van der Waals surface area contributed by atoms with Gasteiger partial charge in [0.2, 0.25) is 0 Å². The molecule has 0 bridgehead atoms. The lowest BCUT2D eigenvalue weighted by Gasteiger charge is -2.10. The minimum atomic E-state index is -0.00650. The van der Waals surface area contributed by atoms with E-state index in [-0.39, 0.29) is 17.3 Å². The minimum Gasteiger partial charge on any atom is -0.325 e. The van der Waals surface area contributed by atoms with Crippen LogP contribution in [-0.2, 0) is 6.42 Å². The van der Waals surface area contributed by atoms with Crippen LogP contribution in [0.15, 0.2) is 41.5 Å². The molecule has 0 unspecified atom stereocenters. The second kappa shape index (κ2) is 4.63. The Balaban J connectivity index is 1.94. The lowest BCUT2D eigenvalue weighted by atomic mass is 10.0. The van der Waals surface area contributed by atoms with Gasteiger partial charge in [0.15, 0.2) is 0 Å². The third-order valence-corrected chi connectivity index (χ3v) is 4.00. The van der Waals surface area contributed by atoms with Gasteiger partial charge in [-0.05, 0) is 50.8 Å². The predicted octanol–water partition coefficient (Wildman–Crippen LogP) is 2.25. The number of hydrogen-bond donors (Lipinski definition) is 1. The van der Waals surface area contributed by atoms with Gasteiger partial charge in [0.25, 0.3) is 0 Å². The van der Waals surface area contributed by atoms with E-state index in [0.29, 0.717) is 0 Å². The predicted molar refractivity (Wildman–Crippen MR) is 80.3 cm³/mol. The van der Waals surface area contributed by atoms with E-state index in [1.807, 2.05) is 38.4 Å². The summed E-state index contributed by atoms with van der Waals surface area (Å²) in [5.74, 6) is 0. The maximum absolute atomic E-state index is 12.3. The maximum atomic E-state index is 12.3. The molecule has 20 heavy (non-hydrogen) atoms. The van der Waals surface area contributed by atoms with Crippen LogP contribution >= 0.6 is 0 Å². The summed E-state index contributed by atoms with van der Waals surface area (Å²) < 4.78 is 3.43. The van der Waals surface area contributed by atoms with E-state index in [1.165, 1.54) is 5.56 Å². The van der Waals surface area contributed by atoms with Crippen molar-refractivity contribution in [1.29, 1.82) is 0 Å². The summed E-state index contributed by atoms with van der Waals surface area (Å²) in [5, 5.41) is 0. The van der Waals surface area contributed by atoms with Crippen LogP contribution in [0, 0.1) is 0 Å². The van der Waals surface area contributed by atoms with E-state index in [9.17, 15) is 4.79 Å². The van der Waals surface area contributed by atoms with Crippen LogP contribution in [0.2, 0.25) is 0 Å². The first-order valence-electron chi connectivity index (χ1n) is 7.16. The Morgan fingerprint density at radius 2 is 2.05 bits per heavy atom. The molecule has 0 saturated heterocycles. The van der Waals surface area contributed by atoms with Crippen LogP contribution in [-0.4, -0.2) is 14.7 Å². The Bertz CT molecular complexity index is 677. The van der Waals surface area contributed by atoms with E-state index in [0.717, 1.165) is 24.9 Å². The molecule has 2 aromatic rings. The molecule has 0 aliphatic heterocycles. The molecular weight excluding hydrogens is 250 g/mol. The summed E-state index contributed by atoms with van der Waals surface area (Å²) in [6, 6.07) is 8.28. The van der Waals surface area contributed by atoms with Crippen molar-refractivity contribution in [3.05, 3.63) is 52.7 Å². The van der Waals surface area contributed by atoms with Crippen LogP contribution in [0.4, 0.5) is 0 Å². The zero-order valence-corrected chi connectivity index (χ0v) is 12.0. The average molecular weight is 271 g/mol. The van der Waals surface area contributed by atoms with Crippen LogP contribution in [0.3, 0.4) is 0 Å². The van der Waals surface area contributed by atoms with Crippen molar-refractivity contribution in [2.24, 2.45) is 5.73 Å². The summed E-state index contributed by atoms with van der Waals surface area (Å²) in [7, 11) is 0. The monoisotopic (exact) mass is 271 g/mol. The summed E-state index contributed by atoms with van der Waals surface area (Å²) in [6.07, 6.45) is 6.75. The van der Waals surface area contributed by atoms with E-state index in [2.05, 4.69) is 12.1 Å². The van der Waals surface area contributed by atoms with Crippen LogP contribution in [0.5, 0.6) is 0 Å². The molecule has 1 aliphatic rings. The number of aromatic nitrogens is 2. The molecule has 1 saturated carbocycles. The van der Waals surface area contributed by atoms with E-state index < -0.39 is 0 Å². The van der Waals surface area contributed by atoms with Crippen LogP contribution in [0.25, 0.3) is 5.69 Å². The summed E-state index contributed by atoms with van der Waals surface area (Å²) >= 11 is 0. The topological polar surface area (TPSA) is 52.9 Å². The average Bonchev–Trinajstić information content (AvgIpc) is 2.98. The molecule has 0 amide bonds. The quantitative estimate of drug-likeness (QED) is 0.927. The number of imidazole rings is 1. The van der Waals surface area contributed by atoms with Gasteiger partial charge in [-0.2, -0.15) is 0 Å². The van der Waals surface area contributed by atoms with Gasteiger partial charge in [0, 0.05) is 24.0 Å². The summed E-state index contributed by atoms with van der Waals surface area (Å²) in [4.78, 5) is 12.3. The lowest BCUT2D eigenvalue weighted by molar-refractivity contribution is 0.574. The Hall–Kier alpha value is -1.81. The van der Waals surface area contributed by atoms with E-state index in [4.69, 9.17) is 5.73 Å². The number of nitrogens with zero attached hydrogens (tertiary/aromatic N) is 2. The molecule has 1 heterocycles. The van der Waals surface area contributed by atoms with Gasteiger partial charge >= 0.3 is 5.69 Å². The number of rotatable bonds is 4. The molecule has 0 radical (unpaired) electrons. The van der Waals surface area contributed by atoms with Gasteiger partial charge in [0.1, 0.15) is 0 Å². The number of benzene rings is 1. The SMILES string of the molecule is CC(C)n1ccn(-c2cccc(CC3(N)CC3)c2)c1=O. The van der Waals surface area contributed by atoms with Crippen molar-refractivity contribution in [1.82, 2.24) is 9.13 Å². The summed E-state index contributed by atoms with van der Waals surface area (Å²) in [5.41, 5.74) is 8.28. The second-order valence-corrected chi connectivity index (χ2v) is 6.16. The van der Waals surface area contributed by atoms with Crippen molar-refractivity contribution in [2.45, 2.75) is 44.7 Å². The Morgan fingerprint density at radius 3 is 2.65 bits per heavy atom. The Labute approximate surface area is 118 Å². The molecule has 1 aromatic carbocycles. The van der Waals surface area contributed by atoms with Gasteiger partial charge in [-0.1, -0.05) is 12.1 Å². The van der Waals surface area contributed by atoms with E-state index in [1.54, 1.807) is 9.13 Å². The highest BCUT2D eigenvalue weighted by Gasteiger charge is 2.37. The molecule has 4 nitrogen and oxygen atoms in total. The van der Waals surface area contributed by atoms with Gasteiger partial charge < -0.3 is 5.73 Å². The molecule has 3 rings (SSSR count). The standard InChI is InChI=1S/C16H21N3O/c1-12(2)18-8-9-19(15(18)20)14-5-3-4-13(10-14)11-16(17)6-7-16/h3-5,8-10,12H,6-7,11,17H2,1-2H3. The van der Waals surface area contributed by atoms with Gasteiger partial charge in [-0.15, -0.1) is 0 Å². The highest BCUT2D eigenvalue weighted by Crippen LogP contribution is 2.35. The van der Waals surface area contributed by atoms with Gasteiger partial charge in [0.05, 0.1) is 5.69 Å².